The largest absolute Gasteiger partial charge is 0.322 e. The molecule has 2 N–H and O–H groups in total. The fraction of sp³-hybridized carbons (Fsp3) is 0.154. The first kappa shape index (κ1) is 15.1. The Kier molecular flexibility index (Phi) is 5.11. The molecule has 100 valence electrons. The van der Waals surface area contributed by atoms with E-state index in [1.165, 1.54) is 12.1 Å². The molecule has 0 saturated heterocycles. The van der Waals surface area contributed by atoms with Gasteiger partial charge in [0.25, 0.3) is 0 Å². The smallest absolute Gasteiger partial charge is 0.124 e. The van der Waals surface area contributed by atoms with Crippen LogP contribution in [0.1, 0.15) is 17.3 Å². The highest BCUT2D eigenvalue weighted by Crippen LogP contribution is 2.26. The first-order chi connectivity index (χ1) is 8.95. The summed E-state index contributed by atoms with van der Waals surface area (Å²) >= 11 is 10.0. The summed E-state index contributed by atoms with van der Waals surface area (Å²) in [5, 5.41) is 0. The minimum Gasteiger partial charge on any atom is -0.322 e. The van der Waals surface area contributed by atoms with Gasteiger partial charge in [-0.25, -0.2) is 4.39 Å². The van der Waals surface area contributed by atoms with Crippen molar-refractivity contribution >= 4 is 47.8 Å². The summed E-state index contributed by atoms with van der Waals surface area (Å²) in [5.74, 6) is -0.278. The molecule has 0 aliphatic heterocycles. The van der Waals surface area contributed by atoms with Crippen LogP contribution in [0, 0.1) is 5.82 Å². The average molecular weight is 453 g/mol. The van der Waals surface area contributed by atoms with E-state index >= 15 is 0 Å². The highest BCUT2D eigenvalue weighted by Gasteiger charge is 2.13. The lowest BCUT2D eigenvalue weighted by molar-refractivity contribution is 0.619. The molecule has 0 saturated carbocycles. The number of pyridine rings is 1. The van der Waals surface area contributed by atoms with Crippen LogP contribution in [-0.2, 0) is 6.42 Å². The van der Waals surface area contributed by atoms with Gasteiger partial charge in [0.05, 0.1) is 11.7 Å². The number of hydrogen-bond acceptors (Lipinski definition) is 2. The molecule has 1 unspecified atom stereocenters. The lowest BCUT2D eigenvalue weighted by atomic mass is 10.0. The van der Waals surface area contributed by atoms with Crippen molar-refractivity contribution in [1.82, 2.24) is 4.98 Å². The molecule has 0 radical (unpaired) electrons. The van der Waals surface area contributed by atoms with Crippen LogP contribution in [-0.4, -0.2) is 4.98 Å². The molecule has 1 aromatic heterocycles. The molecule has 0 aliphatic rings. The second kappa shape index (κ2) is 6.43. The molecule has 0 bridgehead atoms. The second-order valence-corrected chi connectivity index (χ2v) is 6.79. The Bertz CT molecular complexity index is 584. The van der Waals surface area contributed by atoms with E-state index < -0.39 is 0 Å². The molecule has 0 spiro atoms. The third-order valence-corrected chi connectivity index (χ3v) is 4.09. The molecule has 1 aromatic carbocycles. The van der Waals surface area contributed by atoms with Gasteiger partial charge in [-0.1, -0.05) is 15.9 Å². The van der Waals surface area contributed by atoms with E-state index in [1.54, 1.807) is 6.20 Å². The molecular weight excluding hydrogens is 443 g/mol. The molecule has 0 fully saturated rings. The fourth-order valence-electron chi connectivity index (χ4n) is 1.78. The zero-order valence-corrected chi connectivity index (χ0v) is 14.5. The highest BCUT2D eigenvalue weighted by atomic mass is 79.9. The maximum absolute atomic E-state index is 13.3. The molecule has 1 atom stereocenters. The zero-order valence-electron chi connectivity index (χ0n) is 9.71. The summed E-state index contributed by atoms with van der Waals surface area (Å²) in [5.41, 5.74) is 7.72. The number of aromatic nitrogens is 1. The molecule has 19 heavy (non-hydrogen) atoms. The minimum atomic E-state index is -0.295. The van der Waals surface area contributed by atoms with Crippen molar-refractivity contribution in [2.75, 3.05) is 0 Å². The van der Waals surface area contributed by atoms with Gasteiger partial charge in [0.1, 0.15) is 5.82 Å². The van der Waals surface area contributed by atoms with Crippen LogP contribution >= 0.6 is 47.8 Å². The van der Waals surface area contributed by atoms with Gasteiger partial charge in [-0.15, -0.1) is 0 Å². The van der Waals surface area contributed by atoms with E-state index in [4.69, 9.17) is 5.73 Å². The fourth-order valence-corrected chi connectivity index (χ4v) is 3.57. The van der Waals surface area contributed by atoms with Crippen molar-refractivity contribution in [3.05, 3.63) is 61.0 Å². The van der Waals surface area contributed by atoms with Crippen molar-refractivity contribution < 1.29 is 4.39 Å². The van der Waals surface area contributed by atoms with E-state index in [0.29, 0.717) is 10.9 Å². The Hall–Kier alpha value is -0.300. The molecule has 1 heterocycles. The van der Waals surface area contributed by atoms with E-state index in [9.17, 15) is 4.39 Å². The van der Waals surface area contributed by atoms with Crippen LogP contribution in [0.25, 0.3) is 0 Å². The van der Waals surface area contributed by atoms with E-state index in [1.807, 2.05) is 12.1 Å². The first-order valence-corrected chi connectivity index (χ1v) is 7.85. The van der Waals surface area contributed by atoms with Crippen LogP contribution in [0.15, 0.2) is 43.9 Å². The Morgan fingerprint density at radius 3 is 2.47 bits per heavy atom. The quantitative estimate of drug-likeness (QED) is 0.729. The van der Waals surface area contributed by atoms with Gasteiger partial charge in [-0.2, -0.15) is 0 Å². The number of nitrogens with zero attached hydrogens (tertiary/aromatic N) is 1. The predicted octanol–water partition coefficient (Wildman–Crippen LogP) is 4.75. The van der Waals surface area contributed by atoms with Gasteiger partial charge in [0, 0.05) is 19.6 Å². The van der Waals surface area contributed by atoms with Crippen LogP contribution < -0.4 is 5.73 Å². The maximum Gasteiger partial charge on any atom is 0.124 e. The standard InChI is InChI=1S/C13H10Br3FN2/c14-8-1-7(2-10(17)4-8)3-12(18)13-11(16)5-9(15)6-19-13/h1-2,4-6,12H,3,18H2. The Labute approximate surface area is 136 Å². The molecule has 0 amide bonds. The lowest BCUT2D eigenvalue weighted by Gasteiger charge is -2.13. The SMILES string of the molecule is NC(Cc1cc(F)cc(Br)c1)c1ncc(Br)cc1Br. The van der Waals surface area contributed by atoms with Crippen molar-refractivity contribution in [2.24, 2.45) is 5.73 Å². The highest BCUT2D eigenvalue weighted by molar-refractivity contribution is 9.11. The number of halogens is 4. The third-order valence-electron chi connectivity index (χ3n) is 2.57. The van der Waals surface area contributed by atoms with Crippen molar-refractivity contribution in [3.63, 3.8) is 0 Å². The van der Waals surface area contributed by atoms with Gasteiger partial charge in [0.15, 0.2) is 0 Å². The monoisotopic (exact) mass is 450 g/mol. The van der Waals surface area contributed by atoms with Crippen molar-refractivity contribution in [2.45, 2.75) is 12.5 Å². The number of hydrogen-bond donors (Lipinski definition) is 1. The summed E-state index contributed by atoms with van der Waals surface area (Å²) in [6.45, 7) is 0. The van der Waals surface area contributed by atoms with E-state index in [-0.39, 0.29) is 11.9 Å². The Morgan fingerprint density at radius 1 is 1.11 bits per heavy atom. The number of rotatable bonds is 3. The van der Waals surface area contributed by atoms with Crippen molar-refractivity contribution in [1.29, 1.82) is 0 Å². The Morgan fingerprint density at radius 2 is 1.84 bits per heavy atom. The van der Waals surface area contributed by atoms with Crippen LogP contribution in [0.4, 0.5) is 4.39 Å². The molecule has 6 heteroatoms. The van der Waals surface area contributed by atoms with E-state index in [0.717, 1.165) is 20.2 Å². The molecule has 0 aliphatic carbocycles. The molecule has 2 nitrogen and oxygen atoms in total. The van der Waals surface area contributed by atoms with Crippen molar-refractivity contribution in [3.8, 4) is 0 Å². The van der Waals surface area contributed by atoms with Crippen LogP contribution in [0.5, 0.6) is 0 Å². The summed E-state index contributed by atoms with van der Waals surface area (Å²) in [6.07, 6.45) is 2.21. The first-order valence-electron chi connectivity index (χ1n) is 5.47. The average Bonchev–Trinajstić information content (AvgIpc) is 2.26. The van der Waals surface area contributed by atoms with Gasteiger partial charge >= 0.3 is 0 Å². The normalized spacial score (nSPS) is 12.5. The molecule has 2 aromatic rings. The summed E-state index contributed by atoms with van der Waals surface area (Å²) < 4.78 is 15.7. The summed E-state index contributed by atoms with van der Waals surface area (Å²) in [6, 6.07) is 6.36. The van der Waals surface area contributed by atoms with E-state index in [2.05, 4.69) is 52.8 Å². The van der Waals surface area contributed by atoms with Gasteiger partial charge in [-0.3, -0.25) is 4.98 Å². The molecule has 2 rings (SSSR count). The van der Waals surface area contributed by atoms with Crippen LogP contribution in [0.3, 0.4) is 0 Å². The van der Waals surface area contributed by atoms with Gasteiger partial charge < -0.3 is 5.73 Å². The summed E-state index contributed by atoms with van der Waals surface area (Å²) in [7, 11) is 0. The lowest BCUT2D eigenvalue weighted by Crippen LogP contribution is -2.15. The number of benzene rings is 1. The zero-order chi connectivity index (χ0) is 14.0. The maximum atomic E-state index is 13.3. The Balaban J connectivity index is 2.22. The number of nitrogens with two attached hydrogens (primary N) is 1. The minimum absolute atomic E-state index is 0.278. The van der Waals surface area contributed by atoms with Gasteiger partial charge in [-0.05, 0) is 68.1 Å². The second-order valence-electron chi connectivity index (χ2n) is 4.11. The van der Waals surface area contributed by atoms with Crippen LogP contribution in [0.2, 0.25) is 0 Å². The third kappa shape index (κ3) is 4.08. The predicted molar refractivity (Wildman–Crippen MR) is 84.4 cm³/mol. The molecular formula is C13H10Br3FN2. The summed E-state index contributed by atoms with van der Waals surface area (Å²) in [4.78, 5) is 4.29. The van der Waals surface area contributed by atoms with Gasteiger partial charge in [0.2, 0.25) is 0 Å². The topological polar surface area (TPSA) is 38.9 Å².